The Morgan fingerprint density at radius 3 is 2.44 bits per heavy atom. The summed E-state index contributed by atoms with van der Waals surface area (Å²) in [4.78, 5) is 16.4. The summed E-state index contributed by atoms with van der Waals surface area (Å²) in [6, 6.07) is 0.0141. The number of rotatable bonds is 2. The summed E-state index contributed by atoms with van der Waals surface area (Å²) in [5, 5.41) is 3.30. The molecule has 0 aromatic carbocycles. The highest BCUT2D eigenvalue weighted by Crippen LogP contribution is 2.07. The molecule has 0 radical (unpaired) electrons. The summed E-state index contributed by atoms with van der Waals surface area (Å²) in [6.45, 7) is 8.78. The lowest BCUT2D eigenvalue weighted by atomic mass is 10.2. The fraction of sp³-hybridized carbons (Fsp3) is 0.909. The lowest BCUT2D eigenvalue weighted by Crippen LogP contribution is -2.55. The van der Waals surface area contributed by atoms with Crippen molar-refractivity contribution in [3.05, 3.63) is 0 Å². The molecule has 1 N–H and O–H groups in total. The molecule has 1 amide bonds. The second-order valence-electron chi connectivity index (χ2n) is 4.40. The van der Waals surface area contributed by atoms with Gasteiger partial charge in [-0.2, -0.15) is 0 Å². The molecule has 2 heterocycles. The van der Waals surface area contributed by atoms with E-state index in [0.29, 0.717) is 13.2 Å². The highest BCUT2D eigenvalue weighted by atomic mass is 16.5. The van der Waals surface area contributed by atoms with Gasteiger partial charge in [-0.25, -0.2) is 0 Å². The third-order valence-electron chi connectivity index (χ3n) is 3.38. The van der Waals surface area contributed by atoms with Gasteiger partial charge in [-0.15, -0.1) is 0 Å². The average molecular weight is 227 g/mol. The van der Waals surface area contributed by atoms with Crippen molar-refractivity contribution in [3.8, 4) is 0 Å². The largest absolute Gasteiger partial charge is 0.378 e. The lowest BCUT2D eigenvalue weighted by molar-refractivity contribution is -0.140. The molecule has 0 bridgehead atoms. The zero-order chi connectivity index (χ0) is 11.4. The predicted octanol–water partition coefficient (Wildman–Crippen LogP) is -0.861. The van der Waals surface area contributed by atoms with Gasteiger partial charge >= 0.3 is 0 Å². The number of nitrogens with zero attached hydrogens (tertiary/aromatic N) is 2. The minimum absolute atomic E-state index is 0.0141. The van der Waals surface area contributed by atoms with Gasteiger partial charge in [0, 0.05) is 39.3 Å². The Morgan fingerprint density at radius 2 is 1.81 bits per heavy atom. The van der Waals surface area contributed by atoms with Gasteiger partial charge < -0.3 is 15.0 Å². The van der Waals surface area contributed by atoms with Crippen LogP contribution in [0.5, 0.6) is 0 Å². The molecule has 2 aliphatic rings. The number of ether oxygens (including phenoxy) is 1. The summed E-state index contributed by atoms with van der Waals surface area (Å²) >= 11 is 0. The van der Waals surface area contributed by atoms with Crippen LogP contribution in [0.25, 0.3) is 0 Å². The molecule has 0 unspecified atom stereocenters. The molecule has 2 aliphatic heterocycles. The molecular weight excluding hydrogens is 206 g/mol. The Morgan fingerprint density at radius 1 is 1.19 bits per heavy atom. The molecule has 0 saturated carbocycles. The molecule has 2 fully saturated rings. The van der Waals surface area contributed by atoms with E-state index in [2.05, 4.69) is 10.2 Å². The number of hydrogen-bond acceptors (Lipinski definition) is 4. The fourth-order valence-electron chi connectivity index (χ4n) is 2.27. The summed E-state index contributed by atoms with van der Waals surface area (Å²) in [5.74, 6) is 0.255. The zero-order valence-corrected chi connectivity index (χ0v) is 9.95. The van der Waals surface area contributed by atoms with E-state index in [0.717, 1.165) is 39.3 Å². The van der Waals surface area contributed by atoms with Crippen LogP contribution in [0.4, 0.5) is 0 Å². The Labute approximate surface area is 96.7 Å². The summed E-state index contributed by atoms with van der Waals surface area (Å²) < 4.78 is 5.26. The van der Waals surface area contributed by atoms with Gasteiger partial charge in [0.1, 0.15) is 0 Å². The van der Waals surface area contributed by atoms with Crippen LogP contribution in [0, 0.1) is 0 Å². The van der Waals surface area contributed by atoms with E-state index in [1.807, 2.05) is 11.8 Å². The Hall–Kier alpha value is -0.650. The van der Waals surface area contributed by atoms with Gasteiger partial charge in [0.15, 0.2) is 0 Å². The number of nitrogens with one attached hydrogen (secondary N) is 1. The van der Waals surface area contributed by atoms with Crippen LogP contribution in [0.3, 0.4) is 0 Å². The summed E-state index contributed by atoms with van der Waals surface area (Å²) in [6.07, 6.45) is 0. The first-order valence-corrected chi connectivity index (χ1v) is 6.10. The Bertz CT molecular complexity index is 235. The third kappa shape index (κ3) is 2.72. The molecule has 1 atom stereocenters. The Balaban J connectivity index is 1.86. The van der Waals surface area contributed by atoms with Crippen LogP contribution in [0.2, 0.25) is 0 Å². The minimum atomic E-state index is 0.0141. The minimum Gasteiger partial charge on any atom is -0.378 e. The third-order valence-corrected chi connectivity index (χ3v) is 3.38. The van der Waals surface area contributed by atoms with E-state index in [-0.39, 0.29) is 11.9 Å². The molecule has 5 nitrogen and oxygen atoms in total. The van der Waals surface area contributed by atoms with Gasteiger partial charge in [-0.1, -0.05) is 0 Å². The van der Waals surface area contributed by atoms with E-state index in [1.54, 1.807) is 0 Å². The maximum Gasteiger partial charge on any atom is 0.239 e. The van der Waals surface area contributed by atoms with Crippen LogP contribution < -0.4 is 5.32 Å². The van der Waals surface area contributed by atoms with Crippen molar-refractivity contribution in [1.82, 2.24) is 15.1 Å². The van der Waals surface area contributed by atoms with E-state index in [9.17, 15) is 4.79 Å². The van der Waals surface area contributed by atoms with Gasteiger partial charge in [0.2, 0.25) is 5.91 Å². The maximum atomic E-state index is 12.2. The monoisotopic (exact) mass is 227 g/mol. The van der Waals surface area contributed by atoms with Gasteiger partial charge in [-0.05, 0) is 6.92 Å². The number of hydrogen-bond donors (Lipinski definition) is 1. The van der Waals surface area contributed by atoms with Crippen LogP contribution in [-0.4, -0.2) is 74.2 Å². The summed E-state index contributed by atoms with van der Waals surface area (Å²) in [5.41, 5.74) is 0. The number of amides is 1. The molecule has 92 valence electrons. The molecule has 0 aromatic rings. The van der Waals surface area contributed by atoms with Crippen LogP contribution in [0.1, 0.15) is 6.92 Å². The average Bonchev–Trinajstić information content (AvgIpc) is 2.39. The van der Waals surface area contributed by atoms with Crippen LogP contribution in [-0.2, 0) is 9.53 Å². The SMILES string of the molecule is C[C@@H](C(=O)N1CCOCC1)N1CCNCC1. The quantitative estimate of drug-likeness (QED) is 0.667. The molecule has 16 heavy (non-hydrogen) atoms. The number of carbonyl (C=O) groups is 1. The first-order chi connectivity index (χ1) is 7.79. The number of carbonyl (C=O) groups excluding carboxylic acids is 1. The maximum absolute atomic E-state index is 12.2. The Kier molecular flexibility index (Phi) is 4.15. The smallest absolute Gasteiger partial charge is 0.239 e. The highest BCUT2D eigenvalue weighted by molar-refractivity contribution is 5.81. The summed E-state index contributed by atoms with van der Waals surface area (Å²) in [7, 11) is 0. The second kappa shape index (κ2) is 5.61. The van der Waals surface area contributed by atoms with Crippen molar-refractivity contribution in [2.75, 3.05) is 52.5 Å². The standard InChI is InChI=1S/C11H21N3O2/c1-10(13-4-2-12-3-5-13)11(15)14-6-8-16-9-7-14/h10,12H,2-9H2,1H3/t10-/m0/s1. The molecule has 2 saturated heterocycles. The molecular formula is C11H21N3O2. The van der Waals surface area contributed by atoms with E-state index in [4.69, 9.17) is 4.74 Å². The van der Waals surface area contributed by atoms with E-state index < -0.39 is 0 Å². The van der Waals surface area contributed by atoms with Gasteiger partial charge in [0.25, 0.3) is 0 Å². The highest BCUT2D eigenvalue weighted by Gasteiger charge is 2.27. The molecule has 5 heteroatoms. The van der Waals surface area contributed by atoms with Crippen molar-refractivity contribution in [3.63, 3.8) is 0 Å². The van der Waals surface area contributed by atoms with Crippen molar-refractivity contribution >= 4 is 5.91 Å². The van der Waals surface area contributed by atoms with Crippen molar-refractivity contribution < 1.29 is 9.53 Å². The van der Waals surface area contributed by atoms with E-state index >= 15 is 0 Å². The molecule has 0 aliphatic carbocycles. The van der Waals surface area contributed by atoms with Crippen molar-refractivity contribution in [2.45, 2.75) is 13.0 Å². The number of piperazine rings is 1. The molecule has 0 aromatic heterocycles. The topological polar surface area (TPSA) is 44.8 Å². The number of morpholine rings is 1. The predicted molar refractivity (Wildman–Crippen MR) is 61.3 cm³/mol. The molecule has 0 spiro atoms. The fourth-order valence-corrected chi connectivity index (χ4v) is 2.27. The normalized spacial score (nSPS) is 25.4. The van der Waals surface area contributed by atoms with Crippen molar-refractivity contribution in [2.24, 2.45) is 0 Å². The first kappa shape index (κ1) is 11.8. The second-order valence-corrected chi connectivity index (χ2v) is 4.40. The first-order valence-electron chi connectivity index (χ1n) is 6.10. The van der Waals surface area contributed by atoms with Crippen molar-refractivity contribution in [1.29, 1.82) is 0 Å². The van der Waals surface area contributed by atoms with Gasteiger partial charge in [0.05, 0.1) is 19.3 Å². The zero-order valence-electron chi connectivity index (χ0n) is 9.95. The lowest BCUT2D eigenvalue weighted by Gasteiger charge is -2.36. The van der Waals surface area contributed by atoms with E-state index in [1.165, 1.54) is 0 Å². The molecule has 2 rings (SSSR count). The van der Waals surface area contributed by atoms with Crippen LogP contribution in [0.15, 0.2) is 0 Å². The van der Waals surface area contributed by atoms with Gasteiger partial charge in [-0.3, -0.25) is 9.69 Å². The van der Waals surface area contributed by atoms with Crippen LogP contribution >= 0.6 is 0 Å².